The molecule has 0 aromatic heterocycles. The summed E-state index contributed by atoms with van der Waals surface area (Å²) in [6.45, 7) is 5.21. The quantitative estimate of drug-likeness (QED) is 0.697. The molecule has 84 valence electrons. The smallest absolute Gasteiger partial charge is 0.281 e. The summed E-state index contributed by atoms with van der Waals surface area (Å²) in [5.41, 5.74) is 0. The van der Waals surface area contributed by atoms with Crippen LogP contribution in [-0.2, 0) is 10.2 Å². The van der Waals surface area contributed by atoms with Gasteiger partial charge in [0.15, 0.2) is 0 Å². The van der Waals surface area contributed by atoms with Crippen molar-refractivity contribution < 1.29 is 8.42 Å². The van der Waals surface area contributed by atoms with Crippen LogP contribution in [0.1, 0.15) is 13.3 Å². The Labute approximate surface area is 86.3 Å². The molecule has 0 aromatic carbocycles. The third kappa shape index (κ3) is 2.66. The van der Waals surface area contributed by atoms with Crippen molar-refractivity contribution in [1.82, 2.24) is 13.9 Å². The number of nitrogens with zero attached hydrogens (tertiary/aromatic N) is 2. The van der Waals surface area contributed by atoms with Gasteiger partial charge in [-0.2, -0.15) is 17.0 Å². The van der Waals surface area contributed by atoms with Gasteiger partial charge in [0.1, 0.15) is 0 Å². The molecule has 6 heteroatoms. The Morgan fingerprint density at radius 3 is 2.71 bits per heavy atom. The van der Waals surface area contributed by atoms with E-state index in [4.69, 9.17) is 0 Å². The fraction of sp³-hybridized carbons (Fsp3) is 1.00. The zero-order valence-corrected chi connectivity index (χ0v) is 9.68. The number of hydrogen-bond acceptors (Lipinski definition) is 3. The van der Waals surface area contributed by atoms with Crippen LogP contribution in [0.25, 0.3) is 0 Å². The fourth-order valence-electron chi connectivity index (χ4n) is 1.41. The third-order valence-electron chi connectivity index (χ3n) is 2.46. The Hall–Kier alpha value is -0.170. The van der Waals surface area contributed by atoms with E-state index in [0.29, 0.717) is 19.6 Å². The first kappa shape index (κ1) is 11.9. The molecule has 1 aliphatic heterocycles. The van der Waals surface area contributed by atoms with Gasteiger partial charge < -0.3 is 5.32 Å². The van der Waals surface area contributed by atoms with Crippen LogP contribution in [-0.4, -0.2) is 56.8 Å². The summed E-state index contributed by atoms with van der Waals surface area (Å²) < 4.78 is 26.7. The highest BCUT2D eigenvalue weighted by Crippen LogP contribution is 2.07. The van der Waals surface area contributed by atoms with E-state index in [-0.39, 0.29) is 0 Å². The van der Waals surface area contributed by atoms with Crippen LogP contribution < -0.4 is 5.32 Å². The van der Waals surface area contributed by atoms with Gasteiger partial charge in [-0.3, -0.25) is 0 Å². The SMILES string of the molecule is CCN(C)S(=O)(=O)N1CCCNCC1. The Morgan fingerprint density at radius 2 is 2.07 bits per heavy atom. The van der Waals surface area contributed by atoms with Crippen molar-refractivity contribution in [1.29, 1.82) is 0 Å². The maximum Gasteiger partial charge on any atom is 0.281 e. The van der Waals surface area contributed by atoms with Crippen LogP contribution >= 0.6 is 0 Å². The first-order valence-electron chi connectivity index (χ1n) is 5.01. The van der Waals surface area contributed by atoms with Gasteiger partial charge >= 0.3 is 0 Å². The van der Waals surface area contributed by atoms with Gasteiger partial charge in [0, 0.05) is 33.2 Å². The fourth-order valence-corrected chi connectivity index (χ4v) is 2.81. The van der Waals surface area contributed by atoms with Gasteiger partial charge in [-0.1, -0.05) is 6.92 Å². The molecule has 0 aromatic rings. The second-order valence-electron chi connectivity index (χ2n) is 3.42. The summed E-state index contributed by atoms with van der Waals surface area (Å²) >= 11 is 0. The Morgan fingerprint density at radius 1 is 1.36 bits per heavy atom. The predicted molar refractivity (Wildman–Crippen MR) is 56.3 cm³/mol. The van der Waals surface area contributed by atoms with E-state index in [9.17, 15) is 8.42 Å². The lowest BCUT2D eigenvalue weighted by atomic mass is 10.4. The Balaban J connectivity index is 2.69. The van der Waals surface area contributed by atoms with Crippen molar-refractivity contribution in [3.05, 3.63) is 0 Å². The normalized spacial score (nSPS) is 21.1. The van der Waals surface area contributed by atoms with E-state index in [1.165, 1.54) is 4.31 Å². The molecule has 0 saturated carbocycles. The highest BCUT2D eigenvalue weighted by Gasteiger charge is 2.25. The topological polar surface area (TPSA) is 52.7 Å². The monoisotopic (exact) mass is 221 g/mol. The molecule has 1 N–H and O–H groups in total. The van der Waals surface area contributed by atoms with E-state index >= 15 is 0 Å². The molecule has 1 heterocycles. The van der Waals surface area contributed by atoms with E-state index in [1.807, 2.05) is 6.92 Å². The van der Waals surface area contributed by atoms with Crippen LogP contribution in [0.4, 0.5) is 0 Å². The van der Waals surface area contributed by atoms with Crippen molar-refractivity contribution in [2.24, 2.45) is 0 Å². The largest absolute Gasteiger partial charge is 0.315 e. The molecule has 0 radical (unpaired) electrons. The van der Waals surface area contributed by atoms with Gasteiger partial charge in [-0.05, 0) is 13.0 Å². The maximum atomic E-state index is 11.9. The van der Waals surface area contributed by atoms with Gasteiger partial charge in [0.2, 0.25) is 0 Å². The molecule has 1 aliphatic rings. The summed E-state index contributed by atoms with van der Waals surface area (Å²) in [5, 5.41) is 3.18. The average molecular weight is 221 g/mol. The van der Waals surface area contributed by atoms with Crippen LogP contribution in [0.2, 0.25) is 0 Å². The Kier molecular flexibility index (Phi) is 4.31. The predicted octanol–water partition coefficient (Wildman–Crippen LogP) is -0.522. The summed E-state index contributed by atoms with van der Waals surface area (Å²) in [4.78, 5) is 0. The molecule has 0 spiro atoms. The highest BCUT2D eigenvalue weighted by molar-refractivity contribution is 7.86. The number of nitrogens with one attached hydrogen (secondary N) is 1. The minimum absolute atomic E-state index is 0.520. The third-order valence-corrected chi connectivity index (χ3v) is 4.53. The van der Waals surface area contributed by atoms with Gasteiger partial charge in [0.05, 0.1) is 0 Å². The molecule has 0 unspecified atom stereocenters. The highest BCUT2D eigenvalue weighted by atomic mass is 32.2. The van der Waals surface area contributed by atoms with Crippen molar-refractivity contribution >= 4 is 10.2 Å². The van der Waals surface area contributed by atoms with Crippen molar-refractivity contribution in [2.45, 2.75) is 13.3 Å². The van der Waals surface area contributed by atoms with Crippen molar-refractivity contribution in [2.75, 3.05) is 39.8 Å². The molecule has 0 atom stereocenters. The van der Waals surface area contributed by atoms with E-state index in [2.05, 4.69) is 5.32 Å². The van der Waals surface area contributed by atoms with Crippen LogP contribution in [0, 0.1) is 0 Å². The first-order valence-corrected chi connectivity index (χ1v) is 6.41. The molecule has 14 heavy (non-hydrogen) atoms. The number of hydrogen-bond donors (Lipinski definition) is 1. The van der Waals surface area contributed by atoms with Crippen LogP contribution in [0.15, 0.2) is 0 Å². The molecule has 0 aliphatic carbocycles. The summed E-state index contributed by atoms with van der Waals surface area (Å²) in [6, 6.07) is 0. The molecule has 1 rings (SSSR count). The van der Waals surface area contributed by atoms with Gasteiger partial charge in [-0.25, -0.2) is 0 Å². The summed E-state index contributed by atoms with van der Waals surface area (Å²) in [6.07, 6.45) is 0.886. The lowest BCUT2D eigenvalue weighted by Gasteiger charge is -2.25. The van der Waals surface area contributed by atoms with Gasteiger partial charge in [0.25, 0.3) is 10.2 Å². The minimum Gasteiger partial charge on any atom is -0.315 e. The second-order valence-corrected chi connectivity index (χ2v) is 5.46. The first-order chi connectivity index (χ1) is 6.59. The second kappa shape index (κ2) is 5.06. The Bertz CT molecular complexity index is 258. The van der Waals surface area contributed by atoms with E-state index in [0.717, 1.165) is 19.5 Å². The van der Waals surface area contributed by atoms with Gasteiger partial charge in [-0.15, -0.1) is 0 Å². The van der Waals surface area contributed by atoms with Crippen molar-refractivity contribution in [3.63, 3.8) is 0 Å². The maximum absolute atomic E-state index is 11.9. The molecule has 5 nitrogen and oxygen atoms in total. The standard InChI is InChI=1S/C8H19N3O2S/c1-3-10(2)14(12,13)11-7-4-5-9-6-8-11/h9H,3-8H2,1-2H3. The molecule has 1 saturated heterocycles. The zero-order chi connectivity index (χ0) is 10.6. The molecular weight excluding hydrogens is 202 g/mol. The lowest BCUT2D eigenvalue weighted by molar-refractivity contribution is 0.376. The summed E-state index contributed by atoms with van der Waals surface area (Å²) in [5.74, 6) is 0. The van der Waals surface area contributed by atoms with Crippen LogP contribution in [0.5, 0.6) is 0 Å². The van der Waals surface area contributed by atoms with Crippen molar-refractivity contribution in [3.8, 4) is 0 Å². The molecular formula is C8H19N3O2S. The minimum atomic E-state index is -3.21. The number of rotatable bonds is 3. The lowest BCUT2D eigenvalue weighted by Crippen LogP contribution is -2.43. The zero-order valence-electron chi connectivity index (χ0n) is 8.86. The van der Waals surface area contributed by atoms with E-state index in [1.54, 1.807) is 11.4 Å². The molecule has 1 fully saturated rings. The average Bonchev–Trinajstić information content (AvgIpc) is 2.44. The summed E-state index contributed by atoms with van der Waals surface area (Å²) in [7, 11) is -1.59. The van der Waals surface area contributed by atoms with E-state index < -0.39 is 10.2 Å². The molecule has 0 bridgehead atoms. The molecule has 0 amide bonds. The van der Waals surface area contributed by atoms with Crippen LogP contribution in [0.3, 0.4) is 0 Å².